The molecule has 0 saturated carbocycles. The van der Waals surface area contributed by atoms with Crippen LogP contribution in [-0.4, -0.2) is 11.7 Å². The first-order valence-electron chi connectivity index (χ1n) is 5.82. The molecule has 0 heterocycles. The van der Waals surface area contributed by atoms with Crippen LogP contribution in [0.3, 0.4) is 0 Å². The summed E-state index contributed by atoms with van der Waals surface area (Å²) < 4.78 is 0. The van der Waals surface area contributed by atoms with Crippen LogP contribution in [0.1, 0.15) is 53.4 Å². The Morgan fingerprint density at radius 2 is 1.86 bits per heavy atom. The lowest BCUT2D eigenvalue weighted by Gasteiger charge is -2.12. The van der Waals surface area contributed by atoms with Crippen LogP contribution in [0.4, 0.5) is 0 Å². The average Bonchev–Trinajstić information content (AvgIpc) is 2.03. The van der Waals surface area contributed by atoms with Crippen molar-refractivity contribution in [2.75, 3.05) is 6.61 Å². The maximum atomic E-state index is 8.72. The van der Waals surface area contributed by atoms with Crippen molar-refractivity contribution in [3.05, 3.63) is 11.6 Å². The monoisotopic (exact) mass is 198 g/mol. The van der Waals surface area contributed by atoms with Gasteiger partial charge < -0.3 is 5.11 Å². The summed E-state index contributed by atoms with van der Waals surface area (Å²) in [6.45, 7) is 9.15. The van der Waals surface area contributed by atoms with E-state index in [0.717, 1.165) is 18.3 Å². The average molecular weight is 198 g/mol. The fourth-order valence-corrected chi connectivity index (χ4v) is 1.77. The van der Waals surface area contributed by atoms with E-state index in [0.29, 0.717) is 0 Å². The summed E-state index contributed by atoms with van der Waals surface area (Å²) in [6, 6.07) is 0. The van der Waals surface area contributed by atoms with E-state index in [1.165, 1.54) is 24.8 Å². The standard InChI is InChI=1S/C13H26O/c1-11(2)6-5-7-12(3)10-13(4)8-9-14/h8,11-12,14H,5-7,9-10H2,1-4H3/b13-8+. The van der Waals surface area contributed by atoms with Crippen LogP contribution in [0.15, 0.2) is 11.6 Å². The van der Waals surface area contributed by atoms with E-state index >= 15 is 0 Å². The minimum absolute atomic E-state index is 0.185. The van der Waals surface area contributed by atoms with Gasteiger partial charge in [0.2, 0.25) is 0 Å². The quantitative estimate of drug-likeness (QED) is 0.617. The van der Waals surface area contributed by atoms with Crippen LogP contribution in [-0.2, 0) is 0 Å². The molecule has 0 aromatic carbocycles. The summed E-state index contributed by atoms with van der Waals surface area (Å²) in [7, 11) is 0. The second kappa shape index (κ2) is 8.05. The molecule has 1 heteroatoms. The van der Waals surface area contributed by atoms with Crippen molar-refractivity contribution in [2.45, 2.75) is 53.4 Å². The highest BCUT2D eigenvalue weighted by Crippen LogP contribution is 2.18. The number of aliphatic hydroxyl groups is 1. The predicted molar refractivity (Wildman–Crippen MR) is 63.3 cm³/mol. The van der Waals surface area contributed by atoms with Crippen LogP contribution in [0.25, 0.3) is 0 Å². The van der Waals surface area contributed by atoms with E-state index in [1.54, 1.807) is 0 Å². The molecule has 0 aliphatic carbocycles. The minimum Gasteiger partial charge on any atom is -0.392 e. The van der Waals surface area contributed by atoms with Crippen LogP contribution >= 0.6 is 0 Å². The third-order valence-corrected chi connectivity index (χ3v) is 2.59. The maximum absolute atomic E-state index is 8.72. The molecule has 1 unspecified atom stereocenters. The SMILES string of the molecule is C/C(=C\CO)CC(C)CCCC(C)C. The normalized spacial score (nSPS) is 14.9. The molecular formula is C13H26O. The van der Waals surface area contributed by atoms with Gasteiger partial charge in [-0.1, -0.05) is 51.7 Å². The molecular weight excluding hydrogens is 172 g/mol. The van der Waals surface area contributed by atoms with E-state index in [4.69, 9.17) is 5.11 Å². The summed E-state index contributed by atoms with van der Waals surface area (Å²) in [5.74, 6) is 1.59. The summed E-state index contributed by atoms with van der Waals surface area (Å²) in [6.07, 6.45) is 7.05. The number of rotatable bonds is 7. The second-order valence-corrected chi connectivity index (χ2v) is 4.87. The van der Waals surface area contributed by atoms with Crippen molar-refractivity contribution >= 4 is 0 Å². The molecule has 1 N–H and O–H groups in total. The first-order chi connectivity index (χ1) is 6.56. The number of aliphatic hydroxyl groups excluding tert-OH is 1. The lowest BCUT2D eigenvalue weighted by molar-refractivity contribution is 0.340. The van der Waals surface area contributed by atoms with Crippen molar-refractivity contribution in [1.29, 1.82) is 0 Å². The maximum Gasteiger partial charge on any atom is 0.0614 e. The first-order valence-corrected chi connectivity index (χ1v) is 5.82. The van der Waals surface area contributed by atoms with Crippen molar-refractivity contribution in [3.63, 3.8) is 0 Å². The first kappa shape index (κ1) is 13.7. The van der Waals surface area contributed by atoms with Gasteiger partial charge in [0.05, 0.1) is 6.61 Å². The zero-order valence-corrected chi connectivity index (χ0v) is 10.2. The highest BCUT2D eigenvalue weighted by molar-refractivity contribution is 4.98. The van der Waals surface area contributed by atoms with Crippen molar-refractivity contribution in [1.82, 2.24) is 0 Å². The van der Waals surface area contributed by atoms with Crippen LogP contribution in [0.5, 0.6) is 0 Å². The Bertz CT molecular complexity index is 159. The molecule has 0 aliphatic rings. The Morgan fingerprint density at radius 3 is 2.36 bits per heavy atom. The molecule has 14 heavy (non-hydrogen) atoms. The highest BCUT2D eigenvalue weighted by atomic mass is 16.2. The van der Waals surface area contributed by atoms with Gasteiger partial charge in [0, 0.05) is 0 Å². The summed E-state index contributed by atoms with van der Waals surface area (Å²) >= 11 is 0. The third kappa shape index (κ3) is 8.31. The van der Waals surface area contributed by atoms with E-state index in [9.17, 15) is 0 Å². The van der Waals surface area contributed by atoms with Gasteiger partial charge in [-0.25, -0.2) is 0 Å². The van der Waals surface area contributed by atoms with Gasteiger partial charge in [-0.3, -0.25) is 0 Å². The molecule has 0 spiro atoms. The molecule has 1 nitrogen and oxygen atoms in total. The van der Waals surface area contributed by atoms with Gasteiger partial charge >= 0.3 is 0 Å². The molecule has 1 atom stereocenters. The lowest BCUT2D eigenvalue weighted by Crippen LogP contribution is -1.98. The van der Waals surface area contributed by atoms with Crippen LogP contribution < -0.4 is 0 Å². The van der Waals surface area contributed by atoms with Gasteiger partial charge in [0.1, 0.15) is 0 Å². The topological polar surface area (TPSA) is 20.2 Å². The van der Waals surface area contributed by atoms with Crippen molar-refractivity contribution < 1.29 is 5.11 Å². The molecule has 0 aliphatic heterocycles. The molecule has 0 amide bonds. The molecule has 0 aromatic heterocycles. The fourth-order valence-electron chi connectivity index (χ4n) is 1.77. The van der Waals surface area contributed by atoms with Gasteiger partial charge in [0.15, 0.2) is 0 Å². The zero-order valence-electron chi connectivity index (χ0n) is 10.2. The Labute approximate surface area is 89.2 Å². The number of allylic oxidation sites excluding steroid dienone is 1. The van der Waals surface area contributed by atoms with E-state index < -0.39 is 0 Å². The van der Waals surface area contributed by atoms with E-state index in [1.807, 2.05) is 6.08 Å². The predicted octanol–water partition coefficient (Wildman–Crippen LogP) is 3.78. The third-order valence-electron chi connectivity index (χ3n) is 2.59. The van der Waals surface area contributed by atoms with Gasteiger partial charge in [0.25, 0.3) is 0 Å². The lowest BCUT2D eigenvalue weighted by atomic mass is 9.94. The number of hydrogen-bond donors (Lipinski definition) is 1. The van der Waals surface area contributed by atoms with Crippen LogP contribution in [0, 0.1) is 11.8 Å². The van der Waals surface area contributed by atoms with E-state index in [-0.39, 0.29) is 6.61 Å². The summed E-state index contributed by atoms with van der Waals surface area (Å²) in [5, 5.41) is 8.72. The molecule has 0 aromatic rings. The second-order valence-electron chi connectivity index (χ2n) is 4.87. The fraction of sp³-hybridized carbons (Fsp3) is 0.846. The Balaban J connectivity index is 3.54. The Kier molecular flexibility index (Phi) is 7.87. The van der Waals surface area contributed by atoms with E-state index in [2.05, 4.69) is 27.7 Å². The van der Waals surface area contributed by atoms with Gasteiger partial charge in [-0.2, -0.15) is 0 Å². The van der Waals surface area contributed by atoms with Crippen LogP contribution in [0.2, 0.25) is 0 Å². The largest absolute Gasteiger partial charge is 0.392 e. The summed E-state index contributed by atoms with van der Waals surface area (Å²) in [5.41, 5.74) is 1.32. The molecule has 0 saturated heterocycles. The highest BCUT2D eigenvalue weighted by Gasteiger charge is 2.03. The molecule has 0 fully saturated rings. The van der Waals surface area contributed by atoms with Crippen molar-refractivity contribution in [2.24, 2.45) is 11.8 Å². The van der Waals surface area contributed by atoms with Gasteiger partial charge in [-0.15, -0.1) is 0 Å². The Morgan fingerprint density at radius 1 is 1.21 bits per heavy atom. The molecule has 0 radical (unpaired) electrons. The zero-order chi connectivity index (χ0) is 11.0. The molecule has 0 rings (SSSR count). The Hall–Kier alpha value is -0.300. The smallest absolute Gasteiger partial charge is 0.0614 e. The van der Waals surface area contributed by atoms with Gasteiger partial charge in [-0.05, 0) is 25.2 Å². The minimum atomic E-state index is 0.185. The molecule has 0 bridgehead atoms. The number of hydrogen-bond acceptors (Lipinski definition) is 1. The summed E-state index contributed by atoms with van der Waals surface area (Å²) in [4.78, 5) is 0. The molecule has 84 valence electrons. The van der Waals surface area contributed by atoms with Crippen molar-refractivity contribution in [3.8, 4) is 0 Å².